The van der Waals surface area contributed by atoms with Gasteiger partial charge in [-0.2, -0.15) is 13.2 Å². The zero-order valence-electron chi connectivity index (χ0n) is 10.9. The molecule has 0 atom stereocenters. The van der Waals surface area contributed by atoms with Gasteiger partial charge in [0.2, 0.25) is 0 Å². The second kappa shape index (κ2) is 5.21. The van der Waals surface area contributed by atoms with Crippen molar-refractivity contribution >= 4 is 5.82 Å². The van der Waals surface area contributed by atoms with Crippen LogP contribution in [0.3, 0.4) is 0 Å². The summed E-state index contributed by atoms with van der Waals surface area (Å²) in [4.78, 5) is 8.25. The number of rotatable bonds is 2. The SMILES string of the molecule is FC(F)(F)c1ccnc(N2CC(N3CCOCC3)C2)c1. The summed E-state index contributed by atoms with van der Waals surface area (Å²) in [5.41, 5.74) is -0.641. The van der Waals surface area contributed by atoms with E-state index >= 15 is 0 Å². The third-order valence-electron chi connectivity index (χ3n) is 3.82. The maximum atomic E-state index is 12.7. The van der Waals surface area contributed by atoms with Crippen LogP contribution in [0.15, 0.2) is 18.3 Å². The zero-order valence-corrected chi connectivity index (χ0v) is 10.9. The highest BCUT2D eigenvalue weighted by Crippen LogP contribution is 2.32. The number of nitrogens with zero attached hydrogens (tertiary/aromatic N) is 3. The molecule has 0 N–H and O–H groups in total. The minimum Gasteiger partial charge on any atom is -0.379 e. The van der Waals surface area contributed by atoms with E-state index in [1.54, 1.807) is 0 Å². The second-order valence-electron chi connectivity index (χ2n) is 5.11. The molecule has 20 heavy (non-hydrogen) atoms. The molecule has 0 unspecified atom stereocenters. The molecule has 2 aliphatic heterocycles. The number of aromatic nitrogens is 1. The van der Waals surface area contributed by atoms with E-state index in [1.165, 1.54) is 6.20 Å². The highest BCUT2D eigenvalue weighted by molar-refractivity contribution is 5.45. The predicted octanol–water partition coefficient (Wildman–Crippen LogP) is 1.62. The normalized spacial score (nSPS) is 21.9. The first kappa shape index (κ1) is 13.6. The monoisotopic (exact) mass is 287 g/mol. The number of anilines is 1. The molecule has 7 heteroatoms. The van der Waals surface area contributed by atoms with Gasteiger partial charge in [-0.05, 0) is 12.1 Å². The molecule has 2 fully saturated rings. The molecule has 3 rings (SSSR count). The summed E-state index contributed by atoms with van der Waals surface area (Å²) in [6.07, 6.45) is -3.09. The summed E-state index contributed by atoms with van der Waals surface area (Å²) >= 11 is 0. The van der Waals surface area contributed by atoms with Crippen molar-refractivity contribution in [3.63, 3.8) is 0 Å². The summed E-state index contributed by atoms with van der Waals surface area (Å²) in [6, 6.07) is 2.52. The molecule has 4 nitrogen and oxygen atoms in total. The van der Waals surface area contributed by atoms with Crippen molar-refractivity contribution in [2.45, 2.75) is 12.2 Å². The van der Waals surface area contributed by atoms with Crippen LogP contribution >= 0.6 is 0 Å². The Labute approximate surface area is 115 Å². The van der Waals surface area contributed by atoms with Crippen molar-refractivity contribution < 1.29 is 17.9 Å². The van der Waals surface area contributed by atoms with Crippen LogP contribution in [-0.2, 0) is 10.9 Å². The molecule has 0 aromatic carbocycles. The molecular formula is C13H16F3N3O. The van der Waals surface area contributed by atoms with Crippen molar-refractivity contribution in [1.82, 2.24) is 9.88 Å². The van der Waals surface area contributed by atoms with Gasteiger partial charge in [0, 0.05) is 38.4 Å². The van der Waals surface area contributed by atoms with Crippen LogP contribution in [0, 0.1) is 0 Å². The van der Waals surface area contributed by atoms with Crippen LogP contribution in [0.1, 0.15) is 5.56 Å². The lowest BCUT2D eigenvalue weighted by atomic mass is 10.1. The number of hydrogen-bond donors (Lipinski definition) is 0. The summed E-state index contributed by atoms with van der Waals surface area (Å²) in [7, 11) is 0. The van der Waals surface area contributed by atoms with Crippen molar-refractivity contribution in [1.29, 1.82) is 0 Å². The third-order valence-corrected chi connectivity index (χ3v) is 3.82. The molecule has 0 aliphatic carbocycles. The molecule has 2 aliphatic rings. The number of halogens is 3. The number of morpholine rings is 1. The lowest BCUT2D eigenvalue weighted by Crippen LogP contribution is -2.61. The Kier molecular flexibility index (Phi) is 3.55. The van der Waals surface area contributed by atoms with Crippen LogP contribution in [0.4, 0.5) is 19.0 Å². The molecule has 0 saturated carbocycles. The summed E-state index contributed by atoms with van der Waals surface area (Å²) < 4.78 is 43.2. The fourth-order valence-corrected chi connectivity index (χ4v) is 2.58. The van der Waals surface area contributed by atoms with Crippen LogP contribution < -0.4 is 4.90 Å². The van der Waals surface area contributed by atoms with E-state index in [0.29, 0.717) is 11.9 Å². The molecule has 2 saturated heterocycles. The lowest BCUT2D eigenvalue weighted by Gasteiger charge is -2.47. The Hall–Kier alpha value is -1.34. The Bertz CT molecular complexity index is 468. The summed E-state index contributed by atoms with van der Waals surface area (Å²) in [5, 5.41) is 0. The molecule has 0 radical (unpaired) electrons. The van der Waals surface area contributed by atoms with Gasteiger partial charge in [-0.3, -0.25) is 4.90 Å². The van der Waals surface area contributed by atoms with Crippen molar-refractivity contribution in [3.05, 3.63) is 23.9 Å². The maximum absolute atomic E-state index is 12.7. The number of pyridine rings is 1. The van der Waals surface area contributed by atoms with E-state index in [0.717, 1.165) is 51.5 Å². The predicted molar refractivity (Wildman–Crippen MR) is 67.6 cm³/mol. The molecule has 1 aromatic heterocycles. The molecule has 3 heterocycles. The second-order valence-corrected chi connectivity index (χ2v) is 5.11. The molecule has 0 spiro atoms. The zero-order chi connectivity index (χ0) is 14.2. The Morgan fingerprint density at radius 3 is 2.55 bits per heavy atom. The van der Waals surface area contributed by atoms with Crippen LogP contribution in [0.2, 0.25) is 0 Å². The maximum Gasteiger partial charge on any atom is 0.416 e. The van der Waals surface area contributed by atoms with Crippen LogP contribution in [0.5, 0.6) is 0 Å². The smallest absolute Gasteiger partial charge is 0.379 e. The van der Waals surface area contributed by atoms with Gasteiger partial charge in [-0.25, -0.2) is 4.98 Å². The van der Waals surface area contributed by atoms with Crippen molar-refractivity contribution in [2.75, 3.05) is 44.3 Å². The van der Waals surface area contributed by atoms with E-state index in [1.807, 2.05) is 4.90 Å². The van der Waals surface area contributed by atoms with Gasteiger partial charge in [0.1, 0.15) is 5.82 Å². The number of hydrogen-bond acceptors (Lipinski definition) is 4. The van der Waals surface area contributed by atoms with Crippen molar-refractivity contribution in [2.24, 2.45) is 0 Å². The van der Waals surface area contributed by atoms with Gasteiger partial charge < -0.3 is 9.64 Å². The minimum atomic E-state index is -4.31. The highest BCUT2D eigenvalue weighted by Gasteiger charge is 2.35. The molecular weight excluding hydrogens is 271 g/mol. The van der Waals surface area contributed by atoms with E-state index in [-0.39, 0.29) is 0 Å². The van der Waals surface area contributed by atoms with Gasteiger partial charge in [-0.15, -0.1) is 0 Å². The van der Waals surface area contributed by atoms with Gasteiger partial charge in [-0.1, -0.05) is 0 Å². The number of ether oxygens (including phenoxy) is 1. The first-order valence-corrected chi connectivity index (χ1v) is 6.64. The first-order chi connectivity index (χ1) is 9.54. The summed E-state index contributed by atoms with van der Waals surface area (Å²) in [6.45, 7) is 4.72. The van der Waals surface area contributed by atoms with Crippen LogP contribution in [-0.4, -0.2) is 55.3 Å². The van der Waals surface area contributed by atoms with E-state index in [4.69, 9.17) is 4.74 Å². The Morgan fingerprint density at radius 1 is 1.20 bits per heavy atom. The molecule has 110 valence electrons. The highest BCUT2D eigenvalue weighted by atomic mass is 19.4. The molecule has 0 bridgehead atoms. The van der Waals surface area contributed by atoms with Gasteiger partial charge in [0.15, 0.2) is 0 Å². The van der Waals surface area contributed by atoms with E-state index in [2.05, 4.69) is 9.88 Å². The summed E-state index contributed by atoms with van der Waals surface area (Å²) in [5.74, 6) is 0.407. The fraction of sp³-hybridized carbons (Fsp3) is 0.615. The standard InChI is InChI=1S/C13H16F3N3O/c14-13(15,16)10-1-2-17-12(7-10)19-8-11(9-19)18-3-5-20-6-4-18/h1-2,7,11H,3-6,8-9H2. The van der Waals surface area contributed by atoms with Crippen molar-refractivity contribution in [3.8, 4) is 0 Å². The Balaban J connectivity index is 1.62. The molecule has 1 aromatic rings. The van der Waals surface area contributed by atoms with E-state index < -0.39 is 11.7 Å². The third kappa shape index (κ3) is 2.73. The van der Waals surface area contributed by atoms with Gasteiger partial charge in [0.05, 0.1) is 18.8 Å². The quantitative estimate of drug-likeness (QED) is 0.826. The average Bonchev–Trinajstić information content (AvgIpc) is 2.38. The number of alkyl halides is 3. The molecule has 0 amide bonds. The topological polar surface area (TPSA) is 28.6 Å². The largest absolute Gasteiger partial charge is 0.416 e. The van der Waals surface area contributed by atoms with Crippen LogP contribution in [0.25, 0.3) is 0 Å². The first-order valence-electron chi connectivity index (χ1n) is 6.64. The average molecular weight is 287 g/mol. The fourth-order valence-electron chi connectivity index (χ4n) is 2.58. The minimum absolute atomic E-state index is 0.398. The van der Waals surface area contributed by atoms with Gasteiger partial charge >= 0.3 is 6.18 Å². The lowest BCUT2D eigenvalue weighted by molar-refractivity contribution is -0.137. The Morgan fingerprint density at radius 2 is 1.90 bits per heavy atom. The van der Waals surface area contributed by atoms with Gasteiger partial charge in [0.25, 0.3) is 0 Å². The van der Waals surface area contributed by atoms with E-state index in [9.17, 15) is 13.2 Å².